The van der Waals surface area contributed by atoms with Gasteiger partial charge >= 0.3 is 0 Å². The average molecular weight is 232 g/mol. The number of amides is 1. The van der Waals surface area contributed by atoms with E-state index in [1.807, 2.05) is 25.1 Å². The smallest absolute Gasteiger partial charge is 0.251 e. The SMILES string of the molecule is CCNC(=O)c1cccc([C@@H]2[C@@H](N)C2(C)C)c1. The normalized spacial score (nSPS) is 25.4. The molecular weight excluding hydrogens is 212 g/mol. The first-order valence-electron chi connectivity index (χ1n) is 6.12. The summed E-state index contributed by atoms with van der Waals surface area (Å²) in [5.41, 5.74) is 8.11. The van der Waals surface area contributed by atoms with Crippen molar-refractivity contribution in [1.29, 1.82) is 0 Å². The average Bonchev–Trinajstić information content (AvgIpc) is 2.79. The maximum Gasteiger partial charge on any atom is 0.251 e. The van der Waals surface area contributed by atoms with Crippen LogP contribution in [0.4, 0.5) is 0 Å². The number of carbonyl (C=O) groups excluding carboxylic acids is 1. The van der Waals surface area contributed by atoms with Crippen molar-refractivity contribution >= 4 is 5.91 Å². The van der Waals surface area contributed by atoms with Gasteiger partial charge in [-0.3, -0.25) is 4.79 Å². The minimum atomic E-state index is -0.0126. The van der Waals surface area contributed by atoms with E-state index in [1.54, 1.807) is 0 Å². The van der Waals surface area contributed by atoms with Crippen LogP contribution < -0.4 is 11.1 Å². The van der Waals surface area contributed by atoms with Gasteiger partial charge in [-0.05, 0) is 30.0 Å². The van der Waals surface area contributed by atoms with E-state index in [1.165, 1.54) is 5.56 Å². The molecule has 3 heteroatoms. The highest BCUT2D eigenvalue weighted by molar-refractivity contribution is 5.94. The fourth-order valence-electron chi connectivity index (χ4n) is 2.45. The van der Waals surface area contributed by atoms with Gasteiger partial charge in [-0.2, -0.15) is 0 Å². The highest BCUT2D eigenvalue weighted by Gasteiger charge is 2.56. The van der Waals surface area contributed by atoms with Crippen molar-refractivity contribution in [2.75, 3.05) is 6.54 Å². The quantitative estimate of drug-likeness (QED) is 0.836. The Bertz CT molecular complexity index is 440. The van der Waals surface area contributed by atoms with Crippen LogP contribution in [0.3, 0.4) is 0 Å². The van der Waals surface area contributed by atoms with E-state index in [9.17, 15) is 4.79 Å². The monoisotopic (exact) mass is 232 g/mol. The molecule has 1 amide bonds. The Hall–Kier alpha value is -1.35. The summed E-state index contributed by atoms with van der Waals surface area (Å²) in [4.78, 5) is 11.7. The molecule has 1 aromatic rings. The molecule has 2 rings (SSSR count). The summed E-state index contributed by atoms with van der Waals surface area (Å²) < 4.78 is 0. The lowest BCUT2D eigenvalue weighted by atomic mass is 10.0. The van der Waals surface area contributed by atoms with E-state index >= 15 is 0 Å². The zero-order valence-electron chi connectivity index (χ0n) is 10.7. The standard InChI is InChI=1S/C14H20N2O/c1-4-16-13(17)10-7-5-6-9(8-10)11-12(15)14(11,2)3/h5-8,11-12H,4,15H2,1-3H3,(H,16,17)/t11-,12-/m1/s1. The van der Waals surface area contributed by atoms with Gasteiger partial charge in [-0.25, -0.2) is 0 Å². The van der Waals surface area contributed by atoms with E-state index in [-0.39, 0.29) is 17.4 Å². The van der Waals surface area contributed by atoms with Crippen molar-refractivity contribution in [3.05, 3.63) is 35.4 Å². The van der Waals surface area contributed by atoms with Gasteiger partial charge in [0.1, 0.15) is 0 Å². The van der Waals surface area contributed by atoms with E-state index in [2.05, 4.69) is 25.2 Å². The number of benzene rings is 1. The number of rotatable bonds is 3. The van der Waals surface area contributed by atoms with Crippen molar-refractivity contribution in [3.63, 3.8) is 0 Å². The maximum absolute atomic E-state index is 11.7. The Morgan fingerprint density at radius 2 is 2.12 bits per heavy atom. The summed E-state index contributed by atoms with van der Waals surface area (Å²) in [6.07, 6.45) is 0. The summed E-state index contributed by atoms with van der Waals surface area (Å²) in [6.45, 7) is 6.90. The second-order valence-electron chi connectivity index (χ2n) is 5.31. The first-order chi connectivity index (χ1) is 7.98. The molecule has 3 N–H and O–H groups in total. The molecule has 0 aliphatic heterocycles. The molecule has 0 spiro atoms. The zero-order valence-corrected chi connectivity index (χ0v) is 10.7. The van der Waals surface area contributed by atoms with Gasteiger partial charge in [0, 0.05) is 24.1 Å². The maximum atomic E-state index is 11.7. The summed E-state index contributed by atoms with van der Waals surface area (Å²) in [7, 11) is 0. The van der Waals surface area contributed by atoms with Crippen LogP contribution in [-0.4, -0.2) is 18.5 Å². The third-order valence-corrected chi connectivity index (χ3v) is 3.76. The minimum absolute atomic E-state index is 0.0126. The zero-order chi connectivity index (χ0) is 12.6. The molecule has 0 radical (unpaired) electrons. The molecule has 0 unspecified atom stereocenters. The van der Waals surface area contributed by atoms with Crippen molar-refractivity contribution in [3.8, 4) is 0 Å². The summed E-state index contributed by atoms with van der Waals surface area (Å²) in [5.74, 6) is 0.359. The number of nitrogens with one attached hydrogen (secondary N) is 1. The van der Waals surface area contributed by atoms with E-state index < -0.39 is 0 Å². The molecule has 17 heavy (non-hydrogen) atoms. The highest BCUT2D eigenvalue weighted by atomic mass is 16.1. The van der Waals surface area contributed by atoms with Gasteiger partial charge in [-0.1, -0.05) is 26.0 Å². The third kappa shape index (κ3) is 2.07. The Morgan fingerprint density at radius 1 is 1.47 bits per heavy atom. The molecule has 1 aromatic carbocycles. The van der Waals surface area contributed by atoms with Gasteiger partial charge in [0.15, 0.2) is 0 Å². The largest absolute Gasteiger partial charge is 0.352 e. The van der Waals surface area contributed by atoms with Crippen LogP contribution in [0.1, 0.15) is 42.6 Å². The van der Waals surface area contributed by atoms with Crippen LogP contribution in [0.5, 0.6) is 0 Å². The number of hydrogen-bond acceptors (Lipinski definition) is 2. The van der Waals surface area contributed by atoms with Crippen LogP contribution in [0.15, 0.2) is 24.3 Å². The lowest BCUT2D eigenvalue weighted by molar-refractivity contribution is 0.0955. The topological polar surface area (TPSA) is 55.1 Å². The lowest BCUT2D eigenvalue weighted by Gasteiger charge is -2.06. The molecule has 0 saturated heterocycles. The second-order valence-corrected chi connectivity index (χ2v) is 5.31. The molecule has 1 fully saturated rings. The van der Waals surface area contributed by atoms with Crippen molar-refractivity contribution in [2.45, 2.75) is 32.7 Å². The predicted molar refractivity (Wildman–Crippen MR) is 68.9 cm³/mol. The van der Waals surface area contributed by atoms with Gasteiger partial charge in [-0.15, -0.1) is 0 Å². The van der Waals surface area contributed by atoms with Crippen molar-refractivity contribution in [2.24, 2.45) is 11.1 Å². The molecule has 0 bridgehead atoms. The second kappa shape index (κ2) is 4.15. The fraction of sp³-hybridized carbons (Fsp3) is 0.500. The van der Waals surface area contributed by atoms with Gasteiger partial charge < -0.3 is 11.1 Å². The fourth-order valence-corrected chi connectivity index (χ4v) is 2.45. The summed E-state index contributed by atoms with van der Waals surface area (Å²) in [5, 5.41) is 2.81. The number of nitrogens with two attached hydrogens (primary N) is 1. The van der Waals surface area contributed by atoms with E-state index in [4.69, 9.17) is 5.73 Å². The van der Waals surface area contributed by atoms with Crippen LogP contribution in [0.2, 0.25) is 0 Å². The van der Waals surface area contributed by atoms with Crippen LogP contribution in [0.25, 0.3) is 0 Å². The lowest BCUT2D eigenvalue weighted by Crippen LogP contribution is -2.22. The van der Waals surface area contributed by atoms with Gasteiger partial charge in [0.25, 0.3) is 5.91 Å². The molecule has 3 nitrogen and oxygen atoms in total. The van der Waals surface area contributed by atoms with Crippen LogP contribution >= 0.6 is 0 Å². The summed E-state index contributed by atoms with van der Waals surface area (Å²) >= 11 is 0. The van der Waals surface area contributed by atoms with Crippen molar-refractivity contribution in [1.82, 2.24) is 5.32 Å². The van der Waals surface area contributed by atoms with Gasteiger partial charge in [0.2, 0.25) is 0 Å². The highest BCUT2D eigenvalue weighted by Crippen LogP contribution is 2.57. The van der Waals surface area contributed by atoms with E-state index in [0.29, 0.717) is 12.5 Å². The molecule has 2 atom stereocenters. The van der Waals surface area contributed by atoms with Gasteiger partial charge in [0.05, 0.1) is 0 Å². The molecular formula is C14H20N2O. The Balaban J connectivity index is 2.22. The molecule has 1 aliphatic carbocycles. The predicted octanol–water partition coefficient (Wildman–Crippen LogP) is 1.89. The van der Waals surface area contributed by atoms with Crippen LogP contribution in [0, 0.1) is 5.41 Å². The first-order valence-corrected chi connectivity index (χ1v) is 6.12. The Labute approximate surface area is 102 Å². The molecule has 1 saturated carbocycles. The number of hydrogen-bond donors (Lipinski definition) is 2. The Kier molecular flexibility index (Phi) is 2.96. The Morgan fingerprint density at radius 3 is 2.65 bits per heavy atom. The summed E-state index contributed by atoms with van der Waals surface area (Å²) in [6, 6.07) is 8.00. The molecule has 0 aromatic heterocycles. The minimum Gasteiger partial charge on any atom is -0.352 e. The molecule has 1 aliphatic rings. The third-order valence-electron chi connectivity index (χ3n) is 3.76. The molecule has 0 heterocycles. The van der Waals surface area contributed by atoms with Crippen LogP contribution in [-0.2, 0) is 0 Å². The number of carbonyl (C=O) groups is 1. The first kappa shape index (κ1) is 12.1. The van der Waals surface area contributed by atoms with E-state index in [0.717, 1.165) is 5.56 Å². The van der Waals surface area contributed by atoms with Crippen molar-refractivity contribution < 1.29 is 4.79 Å². The molecule has 92 valence electrons.